The first-order valence-corrected chi connectivity index (χ1v) is 6.53. The number of hydrogen-bond donors (Lipinski definition) is 3. The van der Waals surface area contributed by atoms with Crippen LogP contribution in [0.1, 0.15) is 27.6 Å². The zero-order valence-electron chi connectivity index (χ0n) is 11.3. The van der Waals surface area contributed by atoms with Crippen LogP contribution in [-0.4, -0.2) is 22.7 Å². The Bertz CT molecular complexity index is 616. The quantitative estimate of drug-likeness (QED) is 0.763. The Morgan fingerprint density at radius 2 is 1.90 bits per heavy atom. The number of carboxylic acids is 1. The van der Waals surface area contributed by atoms with Crippen molar-refractivity contribution in [1.29, 1.82) is 0 Å². The Hall–Kier alpha value is -2.24. The number of hydrogen-bond acceptors (Lipinski definition) is 3. The van der Waals surface area contributed by atoms with Gasteiger partial charge in [0.15, 0.2) is 0 Å². The Morgan fingerprint density at radius 1 is 1.19 bits per heavy atom. The van der Waals surface area contributed by atoms with Gasteiger partial charge in [-0.25, -0.2) is 9.18 Å². The first-order valence-electron chi connectivity index (χ1n) is 6.53. The monoisotopic (exact) mass is 289 g/mol. The van der Waals surface area contributed by atoms with Crippen molar-refractivity contribution in [2.75, 3.05) is 6.54 Å². The maximum absolute atomic E-state index is 13.5. The molecule has 0 radical (unpaired) electrons. The van der Waals surface area contributed by atoms with Crippen molar-refractivity contribution in [2.45, 2.75) is 12.6 Å². The summed E-state index contributed by atoms with van der Waals surface area (Å²) in [4.78, 5) is 10.7. The van der Waals surface area contributed by atoms with Crippen LogP contribution in [0.4, 0.5) is 4.39 Å². The van der Waals surface area contributed by atoms with Gasteiger partial charge in [-0.05, 0) is 23.3 Å². The minimum absolute atomic E-state index is 0.326. The first-order chi connectivity index (χ1) is 10.1. The van der Waals surface area contributed by atoms with Gasteiger partial charge in [-0.1, -0.05) is 36.4 Å². The van der Waals surface area contributed by atoms with E-state index < -0.39 is 17.9 Å². The van der Waals surface area contributed by atoms with Crippen LogP contribution in [0.3, 0.4) is 0 Å². The van der Waals surface area contributed by atoms with Crippen molar-refractivity contribution >= 4 is 5.97 Å². The molecule has 2 rings (SSSR count). The number of aliphatic hydroxyl groups excluding tert-OH is 1. The topological polar surface area (TPSA) is 69.6 Å². The second-order valence-electron chi connectivity index (χ2n) is 4.68. The number of rotatable bonds is 6. The van der Waals surface area contributed by atoms with Gasteiger partial charge in [0.1, 0.15) is 5.82 Å². The summed E-state index contributed by atoms with van der Waals surface area (Å²) < 4.78 is 13.5. The summed E-state index contributed by atoms with van der Waals surface area (Å²) in [6.07, 6.45) is -0.644. The van der Waals surface area contributed by atoms with Crippen molar-refractivity contribution in [1.82, 2.24) is 5.32 Å². The van der Waals surface area contributed by atoms with E-state index in [1.165, 1.54) is 12.1 Å². The van der Waals surface area contributed by atoms with Gasteiger partial charge in [-0.3, -0.25) is 0 Å². The maximum atomic E-state index is 13.5. The Kier molecular flexibility index (Phi) is 5.03. The highest BCUT2D eigenvalue weighted by Crippen LogP contribution is 2.12. The molecule has 1 atom stereocenters. The Morgan fingerprint density at radius 3 is 2.52 bits per heavy atom. The SMILES string of the molecule is O=C(O)c1ccc(CNCC(O)c2ccccc2)cc1F. The molecule has 0 saturated heterocycles. The Balaban J connectivity index is 1.89. The third-order valence-electron chi connectivity index (χ3n) is 3.12. The average molecular weight is 289 g/mol. The zero-order valence-corrected chi connectivity index (χ0v) is 11.3. The van der Waals surface area contributed by atoms with Crippen molar-refractivity contribution in [2.24, 2.45) is 0 Å². The molecule has 0 fully saturated rings. The lowest BCUT2D eigenvalue weighted by Gasteiger charge is -2.12. The molecule has 2 aromatic carbocycles. The maximum Gasteiger partial charge on any atom is 0.338 e. The minimum Gasteiger partial charge on any atom is -0.478 e. The fraction of sp³-hybridized carbons (Fsp3) is 0.188. The summed E-state index contributed by atoms with van der Waals surface area (Å²) >= 11 is 0. The van der Waals surface area contributed by atoms with Crippen LogP contribution in [-0.2, 0) is 6.54 Å². The fourth-order valence-electron chi connectivity index (χ4n) is 1.99. The minimum atomic E-state index is -1.29. The van der Waals surface area contributed by atoms with Crippen LogP contribution in [0, 0.1) is 5.82 Å². The first kappa shape index (κ1) is 15.2. The average Bonchev–Trinajstić information content (AvgIpc) is 2.47. The molecule has 110 valence electrons. The number of nitrogens with one attached hydrogen (secondary N) is 1. The molecule has 0 bridgehead atoms. The molecule has 5 heteroatoms. The van der Waals surface area contributed by atoms with Gasteiger partial charge in [0.05, 0.1) is 11.7 Å². The van der Waals surface area contributed by atoms with Crippen LogP contribution in [0.25, 0.3) is 0 Å². The summed E-state index contributed by atoms with van der Waals surface area (Å²) in [6.45, 7) is 0.674. The van der Waals surface area contributed by atoms with Crippen molar-refractivity contribution in [3.8, 4) is 0 Å². The molecule has 0 aromatic heterocycles. The van der Waals surface area contributed by atoms with E-state index in [4.69, 9.17) is 5.11 Å². The van der Waals surface area contributed by atoms with E-state index in [1.807, 2.05) is 30.3 Å². The molecule has 0 amide bonds. The van der Waals surface area contributed by atoms with E-state index in [2.05, 4.69) is 5.32 Å². The summed E-state index contributed by atoms with van der Waals surface area (Å²) in [5, 5.41) is 21.7. The van der Waals surface area contributed by atoms with Crippen molar-refractivity contribution in [3.63, 3.8) is 0 Å². The highest BCUT2D eigenvalue weighted by molar-refractivity contribution is 5.87. The van der Waals surface area contributed by atoms with E-state index in [1.54, 1.807) is 6.07 Å². The fourth-order valence-corrected chi connectivity index (χ4v) is 1.99. The second-order valence-corrected chi connectivity index (χ2v) is 4.68. The highest BCUT2D eigenvalue weighted by atomic mass is 19.1. The van der Waals surface area contributed by atoms with Gasteiger partial charge in [0.2, 0.25) is 0 Å². The third-order valence-corrected chi connectivity index (χ3v) is 3.12. The lowest BCUT2D eigenvalue weighted by molar-refractivity contribution is 0.0692. The van der Waals surface area contributed by atoms with Crippen LogP contribution in [0.2, 0.25) is 0 Å². The predicted octanol–water partition coefficient (Wildman–Crippen LogP) is 2.35. The lowest BCUT2D eigenvalue weighted by atomic mass is 10.1. The molecule has 0 aliphatic carbocycles. The summed E-state index contributed by atoms with van der Waals surface area (Å²) in [5.74, 6) is -2.04. The molecule has 0 aliphatic heterocycles. The number of aliphatic hydroxyl groups is 1. The molecule has 21 heavy (non-hydrogen) atoms. The van der Waals surface area contributed by atoms with E-state index >= 15 is 0 Å². The Labute approximate surface area is 121 Å². The van der Waals surface area contributed by atoms with E-state index in [-0.39, 0.29) is 5.56 Å². The number of aromatic carboxylic acids is 1. The molecule has 2 aromatic rings. The molecule has 1 unspecified atom stereocenters. The standard InChI is InChI=1S/C16H16FNO3/c17-14-8-11(6-7-13(14)16(20)21)9-18-10-15(19)12-4-2-1-3-5-12/h1-8,15,18-19H,9-10H2,(H,20,21). The van der Waals surface area contributed by atoms with Gasteiger partial charge in [-0.2, -0.15) is 0 Å². The lowest BCUT2D eigenvalue weighted by Crippen LogP contribution is -2.21. The van der Waals surface area contributed by atoms with Gasteiger partial charge < -0.3 is 15.5 Å². The molecule has 0 saturated carbocycles. The number of carbonyl (C=O) groups is 1. The number of benzene rings is 2. The molecule has 0 heterocycles. The second kappa shape index (κ2) is 6.97. The van der Waals surface area contributed by atoms with E-state index in [0.29, 0.717) is 18.7 Å². The van der Waals surface area contributed by atoms with Crippen LogP contribution in [0.15, 0.2) is 48.5 Å². The van der Waals surface area contributed by atoms with Crippen molar-refractivity contribution in [3.05, 3.63) is 71.0 Å². The third kappa shape index (κ3) is 4.11. The van der Waals surface area contributed by atoms with E-state index in [9.17, 15) is 14.3 Å². The molecular formula is C16H16FNO3. The molecule has 4 nitrogen and oxygen atoms in total. The molecular weight excluding hydrogens is 273 g/mol. The normalized spacial score (nSPS) is 12.1. The number of carboxylic acid groups (broad SMARTS) is 1. The summed E-state index contributed by atoms with van der Waals surface area (Å²) in [6, 6.07) is 13.2. The molecule has 3 N–H and O–H groups in total. The van der Waals surface area contributed by atoms with Gasteiger partial charge in [0, 0.05) is 13.1 Å². The highest BCUT2D eigenvalue weighted by Gasteiger charge is 2.11. The van der Waals surface area contributed by atoms with Gasteiger partial charge in [0.25, 0.3) is 0 Å². The molecule has 0 aliphatic rings. The number of halogens is 1. The van der Waals surface area contributed by atoms with E-state index in [0.717, 1.165) is 5.56 Å². The molecule has 0 spiro atoms. The predicted molar refractivity (Wildman–Crippen MR) is 76.5 cm³/mol. The smallest absolute Gasteiger partial charge is 0.338 e. The zero-order chi connectivity index (χ0) is 15.2. The summed E-state index contributed by atoms with van der Waals surface area (Å²) in [7, 11) is 0. The van der Waals surface area contributed by atoms with Crippen LogP contribution >= 0.6 is 0 Å². The van der Waals surface area contributed by atoms with Gasteiger partial charge in [-0.15, -0.1) is 0 Å². The largest absolute Gasteiger partial charge is 0.478 e. The summed E-state index contributed by atoms with van der Waals surface area (Å²) in [5.41, 5.74) is 1.08. The van der Waals surface area contributed by atoms with Crippen LogP contribution < -0.4 is 5.32 Å². The van der Waals surface area contributed by atoms with Gasteiger partial charge >= 0.3 is 5.97 Å². The van der Waals surface area contributed by atoms with Crippen LogP contribution in [0.5, 0.6) is 0 Å². The van der Waals surface area contributed by atoms with Crippen molar-refractivity contribution < 1.29 is 19.4 Å².